The molecule has 0 saturated heterocycles. The van der Waals surface area contributed by atoms with Crippen molar-refractivity contribution >= 4 is 0 Å². The summed E-state index contributed by atoms with van der Waals surface area (Å²) < 4.78 is 0. The molecule has 1 fully saturated rings. The van der Waals surface area contributed by atoms with Crippen LogP contribution in [0.25, 0.3) is 0 Å². The molecule has 2 nitrogen and oxygen atoms in total. The smallest absolute Gasteiger partial charge is 0.0674 e. The van der Waals surface area contributed by atoms with E-state index in [1.807, 2.05) is 0 Å². The Morgan fingerprint density at radius 2 is 1.88 bits per heavy atom. The molecule has 0 aromatic heterocycles. The third-order valence-corrected chi connectivity index (χ3v) is 4.17. The van der Waals surface area contributed by atoms with E-state index in [4.69, 9.17) is 0 Å². The van der Waals surface area contributed by atoms with E-state index in [1.165, 1.54) is 12.8 Å². The van der Waals surface area contributed by atoms with Gasteiger partial charge in [0.05, 0.1) is 5.60 Å². The van der Waals surface area contributed by atoms with Crippen LogP contribution in [0.1, 0.15) is 65.7 Å². The molecular weight excluding hydrogens is 198 g/mol. The van der Waals surface area contributed by atoms with Gasteiger partial charge in [0.1, 0.15) is 0 Å². The van der Waals surface area contributed by atoms with Crippen LogP contribution in [-0.4, -0.2) is 23.3 Å². The fourth-order valence-electron chi connectivity index (χ4n) is 2.86. The minimum absolute atomic E-state index is 0.375. The third-order valence-electron chi connectivity index (χ3n) is 4.17. The van der Waals surface area contributed by atoms with Gasteiger partial charge in [-0.25, -0.2) is 0 Å². The van der Waals surface area contributed by atoms with Crippen molar-refractivity contribution in [1.29, 1.82) is 0 Å². The Bertz CT molecular complexity index is 185. The summed E-state index contributed by atoms with van der Waals surface area (Å²) >= 11 is 0. The lowest BCUT2D eigenvalue weighted by Gasteiger charge is -2.40. The zero-order valence-electron chi connectivity index (χ0n) is 11.3. The highest BCUT2D eigenvalue weighted by molar-refractivity contribution is 4.91. The van der Waals surface area contributed by atoms with Gasteiger partial charge in [0.15, 0.2) is 0 Å². The summed E-state index contributed by atoms with van der Waals surface area (Å²) in [6.07, 6.45) is 7.79. The molecule has 0 spiro atoms. The Balaban J connectivity index is 2.34. The SMILES string of the molecule is CCCNC1CCC(O)(C(C)CCC)CC1. The van der Waals surface area contributed by atoms with E-state index in [1.54, 1.807) is 0 Å². The third kappa shape index (κ3) is 3.74. The number of nitrogens with one attached hydrogen (secondary N) is 1. The van der Waals surface area contributed by atoms with Gasteiger partial charge in [-0.3, -0.25) is 0 Å². The van der Waals surface area contributed by atoms with Crippen molar-refractivity contribution in [3.05, 3.63) is 0 Å². The number of rotatable bonds is 6. The first-order chi connectivity index (χ1) is 7.62. The predicted octanol–water partition coefficient (Wildman–Crippen LogP) is 3.10. The van der Waals surface area contributed by atoms with Crippen LogP contribution in [0.3, 0.4) is 0 Å². The van der Waals surface area contributed by atoms with Gasteiger partial charge in [0.2, 0.25) is 0 Å². The molecule has 1 rings (SSSR count). The lowest BCUT2D eigenvalue weighted by molar-refractivity contribution is -0.0515. The van der Waals surface area contributed by atoms with Crippen LogP contribution in [-0.2, 0) is 0 Å². The van der Waals surface area contributed by atoms with Crippen LogP contribution in [0.2, 0.25) is 0 Å². The first-order valence-electron chi connectivity index (χ1n) is 7.08. The summed E-state index contributed by atoms with van der Waals surface area (Å²) in [5.41, 5.74) is -0.375. The molecule has 1 atom stereocenters. The van der Waals surface area contributed by atoms with E-state index in [2.05, 4.69) is 26.1 Å². The molecule has 96 valence electrons. The summed E-state index contributed by atoms with van der Waals surface area (Å²) in [6, 6.07) is 0.647. The van der Waals surface area contributed by atoms with Crippen molar-refractivity contribution in [2.45, 2.75) is 77.4 Å². The fourth-order valence-corrected chi connectivity index (χ4v) is 2.86. The van der Waals surface area contributed by atoms with Crippen LogP contribution in [0.5, 0.6) is 0 Å². The standard InChI is InChI=1S/C14H29NO/c1-4-6-12(3)14(16)9-7-13(8-10-14)15-11-5-2/h12-13,15-16H,4-11H2,1-3H3. The van der Waals surface area contributed by atoms with Gasteiger partial charge < -0.3 is 10.4 Å². The Morgan fingerprint density at radius 3 is 2.38 bits per heavy atom. The molecule has 0 heterocycles. The normalized spacial score (nSPS) is 32.6. The number of hydrogen-bond acceptors (Lipinski definition) is 2. The summed E-state index contributed by atoms with van der Waals surface area (Å²) in [5, 5.41) is 14.2. The van der Waals surface area contributed by atoms with E-state index in [0.29, 0.717) is 12.0 Å². The second-order valence-corrected chi connectivity index (χ2v) is 5.52. The maximum absolute atomic E-state index is 10.6. The molecule has 1 unspecified atom stereocenters. The molecule has 1 saturated carbocycles. The van der Waals surface area contributed by atoms with Gasteiger partial charge in [-0.15, -0.1) is 0 Å². The van der Waals surface area contributed by atoms with E-state index < -0.39 is 0 Å². The van der Waals surface area contributed by atoms with Crippen molar-refractivity contribution < 1.29 is 5.11 Å². The van der Waals surface area contributed by atoms with Crippen LogP contribution in [0, 0.1) is 5.92 Å². The van der Waals surface area contributed by atoms with Gasteiger partial charge in [0, 0.05) is 6.04 Å². The second-order valence-electron chi connectivity index (χ2n) is 5.52. The summed E-state index contributed by atoms with van der Waals surface area (Å²) in [7, 11) is 0. The zero-order chi connectivity index (χ0) is 12.0. The Hall–Kier alpha value is -0.0800. The molecule has 0 amide bonds. The van der Waals surface area contributed by atoms with Gasteiger partial charge in [-0.05, 0) is 51.0 Å². The summed E-state index contributed by atoms with van der Waals surface area (Å²) in [4.78, 5) is 0. The van der Waals surface area contributed by atoms with Crippen LogP contribution in [0.15, 0.2) is 0 Å². The van der Waals surface area contributed by atoms with Gasteiger partial charge >= 0.3 is 0 Å². The first kappa shape index (κ1) is 14.0. The van der Waals surface area contributed by atoms with E-state index >= 15 is 0 Å². The molecule has 1 aliphatic rings. The maximum Gasteiger partial charge on any atom is 0.0674 e. The average Bonchev–Trinajstić information content (AvgIpc) is 2.29. The van der Waals surface area contributed by atoms with Crippen molar-refractivity contribution in [2.24, 2.45) is 5.92 Å². The molecule has 0 aromatic rings. The molecule has 0 radical (unpaired) electrons. The Kier molecular flexibility index (Phi) is 5.77. The highest BCUT2D eigenvalue weighted by Crippen LogP contribution is 2.36. The van der Waals surface area contributed by atoms with Gasteiger partial charge in [-0.1, -0.05) is 27.2 Å². The molecule has 2 N–H and O–H groups in total. The molecule has 1 aliphatic carbocycles. The number of hydrogen-bond donors (Lipinski definition) is 2. The lowest BCUT2D eigenvalue weighted by atomic mass is 9.73. The largest absolute Gasteiger partial charge is 0.390 e. The molecule has 0 aromatic carbocycles. The van der Waals surface area contributed by atoms with Crippen molar-refractivity contribution in [2.75, 3.05) is 6.54 Å². The first-order valence-corrected chi connectivity index (χ1v) is 7.08. The maximum atomic E-state index is 10.6. The topological polar surface area (TPSA) is 32.3 Å². The van der Waals surface area contributed by atoms with Crippen LogP contribution < -0.4 is 5.32 Å². The fraction of sp³-hybridized carbons (Fsp3) is 1.00. The lowest BCUT2D eigenvalue weighted by Crippen LogP contribution is -2.45. The van der Waals surface area contributed by atoms with Crippen molar-refractivity contribution in [3.8, 4) is 0 Å². The highest BCUT2D eigenvalue weighted by atomic mass is 16.3. The van der Waals surface area contributed by atoms with Gasteiger partial charge in [0.25, 0.3) is 0 Å². The minimum Gasteiger partial charge on any atom is -0.390 e. The molecule has 0 bridgehead atoms. The minimum atomic E-state index is -0.375. The van der Waals surface area contributed by atoms with Crippen molar-refractivity contribution in [1.82, 2.24) is 5.32 Å². The molecular formula is C14H29NO. The second kappa shape index (κ2) is 6.61. The Labute approximate surface area is 101 Å². The Morgan fingerprint density at radius 1 is 1.25 bits per heavy atom. The summed E-state index contributed by atoms with van der Waals surface area (Å²) in [5.74, 6) is 0.463. The average molecular weight is 227 g/mol. The van der Waals surface area contributed by atoms with Crippen LogP contribution in [0.4, 0.5) is 0 Å². The zero-order valence-corrected chi connectivity index (χ0v) is 11.3. The van der Waals surface area contributed by atoms with Gasteiger partial charge in [-0.2, -0.15) is 0 Å². The van der Waals surface area contributed by atoms with Crippen LogP contribution >= 0.6 is 0 Å². The summed E-state index contributed by atoms with van der Waals surface area (Å²) in [6.45, 7) is 7.74. The van der Waals surface area contributed by atoms with E-state index in [-0.39, 0.29) is 5.60 Å². The quantitative estimate of drug-likeness (QED) is 0.731. The number of aliphatic hydroxyl groups is 1. The monoisotopic (exact) mass is 227 g/mol. The highest BCUT2D eigenvalue weighted by Gasteiger charge is 2.36. The van der Waals surface area contributed by atoms with E-state index in [0.717, 1.165) is 38.6 Å². The molecule has 2 heteroatoms. The van der Waals surface area contributed by atoms with Crippen molar-refractivity contribution in [3.63, 3.8) is 0 Å². The van der Waals surface area contributed by atoms with E-state index in [9.17, 15) is 5.11 Å². The molecule has 16 heavy (non-hydrogen) atoms. The molecule has 0 aliphatic heterocycles. The predicted molar refractivity (Wildman–Crippen MR) is 69.6 cm³/mol.